The van der Waals surface area contributed by atoms with Crippen LogP contribution in [-0.4, -0.2) is 44.9 Å². The Labute approximate surface area is 165 Å². The number of aliphatic hydroxyl groups is 1. The van der Waals surface area contributed by atoms with E-state index < -0.39 is 11.6 Å². The molecule has 148 valence electrons. The minimum atomic E-state index is -0.948. The number of thioether (sulfide) groups is 1. The molecule has 1 heterocycles. The number of benzene rings is 1. The van der Waals surface area contributed by atoms with Gasteiger partial charge in [0.05, 0.1) is 16.9 Å². The molecule has 1 aliphatic carbocycles. The number of carboxylic acid groups (broad SMARTS) is 1. The maximum Gasteiger partial charge on any atom is 0.335 e. The highest BCUT2D eigenvalue weighted by atomic mass is 32.2. The summed E-state index contributed by atoms with van der Waals surface area (Å²) in [5.74, 6) is -0.462. The Kier molecular flexibility index (Phi) is 6.48. The van der Waals surface area contributed by atoms with Crippen LogP contribution in [0.25, 0.3) is 0 Å². The zero-order valence-electron chi connectivity index (χ0n) is 15.9. The van der Waals surface area contributed by atoms with Gasteiger partial charge in [0.25, 0.3) is 0 Å². The van der Waals surface area contributed by atoms with Crippen molar-refractivity contribution in [1.82, 2.24) is 4.90 Å². The van der Waals surface area contributed by atoms with E-state index in [-0.39, 0.29) is 16.8 Å². The zero-order valence-corrected chi connectivity index (χ0v) is 16.8. The number of hydrogen-bond acceptors (Lipinski definition) is 4. The average Bonchev–Trinajstić information content (AvgIpc) is 3.01. The van der Waals surface area contributed by atoms with Gasteiger partial charge in [-0.15, -0.1) is 11.8 Å². The Bertz CT molecular complexity index is 699. The van der Waals surface area contributed by atoms with Crippen LogP contribution in [0.15, 0.2) is 18.2 Å². The number of carbonyl (C=O) groups excluding carboxylic acids is 1. The minimum absolute atomic E-state index is 0.0765. The van der Waals surface area contributed by atoms with Gasteiger partial charge in [0.1, 0.15) is 5.37 Å². The van der Waals surface area contributed by atoms with E-state index in [1.807, 2.05) is 11.0 Å². The van der Waals surface area contributed by atoms with E-state index in [1.54, 1.807) is 23.9 Å². The summed E-state index contributed by atoms with van der Waals surface area (Å²) in [5, 5.41) is 20.0. The van der Waals surface area contributed by atoms with E-state index in [0.29, 0.717) is 18.7 Å². The predicted molar refractivity (Wildman–Crippen MR) is 107 cm³/mol. The topological polar surface area (TPSA) is 77.8 Å². The molecule has 1 unspecified atom stereocenters. The molecule has 3 rings (SSSR count). The Morgan fingerprint density at radius 3 is 2.70 bits per heavy atom. The molecule has 6 heteroatoms. The van der Waals surface area contributed by atoms with E-state index >= 15 is 0 Å². The minimum Gasteiger partial charge on any atom is -0.478 e. The molecule has 5 nitrogen and oxygen atoms in total. The highest BCUT2D eigenvalue weighted by molar-refractivity contribution is 8.00. The second-order valence-corrected chi connectivity index (χ2v) is 8.82. The van der Waals surface area contributed by atoms with Gasteiger partial charge in [0.2, 0.25) is 5.91 Å². The fraction of sp³-hybridized carbons (Fsp3) is 0.619. The van der Waals surface area contributed by atoms with Crippen molar-refractivity contribution in [3.63, 3.8) is 0 Å². The molecule has 2 aliphatic rings. The summed E-state index contributed by atoms with van der Waals surface area (Å²) >= 11 is 1.56. The average molecular weight is 392 g/mol. The molecular formula is C21H29NO4S. The molecule has 2 N–H and O–H groups in total. The third-order valence-corrected chi connectivity index (χ3v) is 6.99. The van der Waals surface area contributed by atoms with Gasteiger partial charge in [-0.05, 0) is 48.9 Å². The lowest BCUT2D eigenvalue weighted by atomic mass is 9.82. The van der Waals surface area contributed by atoms with Crippen molar-refractivity contribution in [3.8, 4) is 0 Å². The summed E-state index contributed by atoms with van der Waals surface area (Å²) < 4.78 is 0. The normalized spacial score (nSPS) is 22.2. The van der Waals surface area contributed by atoms with Gasteiger partial charge < -0.3 is 15.1 Å². The third kappa shape index (κ3) is 4.66. The highest BCUT2D eigenvalue weighted by Crippen LogP contribution is 2.42. The summed E-state index contributed by atoms with van der Waals surface area (Å²) in [5.41, 5.74) is 1.64. The van der Waals surface area contributed by atoms with Gasteiger partial charge in [-0.1, -0.05) is 38.7 Å². The van der Waals surface area contributed by atoms with E-state index in [1.165, 1.54) is 6.42 Å². The molecule has 1 aromatic carbocycles. The second kappa shape index (κ2) is 8.65. The van der Waals surface area contributed by atoms with Gasteiger partial charge in [0, 0.05) is 6.54 Å². The smallest absolute Gasteiger partial charge is 0.335 e. The number of carbonyl (C=O) groups is 2. The van der Waals surface area contributed by atoms with Crippen LogP contribution < -0.4 is 0 Å². The molecule has 0 bridgehead atoms. The second-order valence-electron chi connectivity index (χ2n) is 7.75. The van der Waals surface area contributed by atoms with Crippen LogP contribution in [0.1, 0.15) is 78.7 Å². The Balaban J connectivity index is 1.82. The molecule has 0 aromatic heterocycles. The number of hydrogen-bond donors (Lipinski definition) is 2. The first-order valence-corrected chi connectivity index (χ1v) is 11.0. The van der Waals surface area contributed by atoms with Crippen molar-refractivity contribution < 1.29 is 19.8 Å². The van der Waals surface area contributed by atoms with Crippen molar-refractivity contribution in [3.05, 3.63) is 34.9 Å². The molecule has 1 amide bonds. The molecule has 1 saturated carbocycles. The fourth-order valence-corrected chi connectivity index (χ4v) is 5.46. The molecular weight excluding hydrogens is 362 g/mol. The molecule has 1 saturated heterocycles. The number of rotatable bonds is 7. The van der Waals surface area contributed by atoms with E-state index in [4.69, 9.17) is 0 Å². The van der Waals surface area contributed by atoms with Gasteiger partial charge in [0.15, 0.2) is 0 Å². The molecule has 1 aromatic rings. The Hall–Kier alpha value is -1.53. The van der Waals surface area contributed by atoms with Crippen LogP contribution in [0, 0.1) is 0 Å². The molecule has 0 radical (unpaired) electrons. The summed E-state index contributed by atoms with van der Waals surface area (Å²) in [6.45, 7) is 2.62. The summed E-state index contributed by atoms with van der Waals surface area (Å²) in [6, 6.07) is 5.26. The van der Waals surface area contributed by atoms with Crippen LogP contribution in [0.2, 0.25) is 0 Å². The summed E-state index contributed by atoms with van der Waals surface area (Å²) in [7, 11) is 0. The van der Waals surface area contributed by atoms with Crippen LogP contribution in [0.3, 0.4) is 0 Å². The number of carboxylic acids is 1. The van der Waals surface area contributed by atoms with Crippen LogP contribution >= 0.6 is 11.8 Å². The van der Waals surface area contributed by atoms with Crippen molar-refractivity contribution >= 4 is 23.6 Å². The van der Waals surface area contributed by atoms with Crippen LogP contribution in [0.5, 0.6) is 0 Å². The van der Waals surface area contributed by atoms with Gasteiger partial charge in [-0.25, -0.2) is 4.79 Å². The number of amides is 1. The van der Waals surface area contributed by atoms with Gasteiger partial charge in [-0.3, -0.25) is 4.79 Å². The van der Waals surface area contributed by atoms with Crippen molar-refractivity contribution in [2.75, 3.05) is 12.3 Å². The first-order valence-electron chi connectivity index (χ1n) is 9.93. The first-order chi connectivity index (χ1) is 12.9. The van der Waals surface area contributed by atoms with E-state index in [0.717, 1.165) is 49.7 Å². The monoisotopic (exact) mass is 391 g/mol. The number of aryl methyl sites for hydroxylation is 1. The highest BCUT2D eigenvalue weighted by Gasteiger charge is 2.37. The molecule has 0 spiro atoms. The first kappa shape index (κ1) is 20.2. The fourth-order valence-electron chi connectivity index (χ4n) is 4.20. The maximum absolute atomic E-state index is 12.5. The molecule has 27 heavy (non-hydrogen) atoms. The van der Waals surface area contributed by atoms with Crippen molar-refractivity contribution in [2.45, 2.75) is 69.3 Å². The van der Waals surface area contributed by atoms with E-state index in [2.05, 4.69) is 6.92 Å². The van der Waals surface area contributed by atoms with Crippen LogP contribution in [0.4, 0.5) is 0 Å². The van der Waals surface area contributed by atoms with Gasteiger partial charge in [-0.2, -0.15) is 0 Å². The summed E-state index contributed by atoms with van der Waals surface area (Å²) in [6.07, 6.45) is 7.30. The Morgan fingerprint density at radius 1 is 1.30 bits per heavy atom. The quantitative estimate of drug-likeness (QED) is 0.735. The van der Waals surface area contributed by atoms with Crippen molar-refractivity contribution in [2.24, 2.45) is 0 Å². The lowest BCUT2D eigenvalue weighted by molar-refractivity contribution is -0.129. The third-order valence-electron chi connectivity index (χ3n) is 5.75. The van der Waals surface area contributed by atoms with Gasteiger partial charge >= 0.3 is 5.97 Å². The van der Waals surface area contributed by atoms with Crippen LogP contribution in [-0.2, 0) is 11.2 Å². The molecule has 1 atom stereocenters. The summed E-state index contributed by atoms with van der Waals surface area (Å²) in [4.78, 5) is 25.8. The largest absolute Gasteiger partial charge is 0.478 e. The van der Waals surface area contributed by atoms with Crippen molar-refractivity contribution in [1.29, 1.82) is 0 Å². The zero-order chi connectivity index (χ0) is 19.4. The molecule has 2 fully saturated rings. The lowest BCUT2D eigenvalue weighted by Gasteiger charge is -2.35. The maximum atomic E-state index is 12.5. The standard InChI is InChI=1S/C21H29NO4S/c1-2-6-15-7-8-16(20(24)25)13-17(15)19-22(18(23)14-27-19)12-11-21(26)9-4-3-5-10-21/h7-8,13,19,26H,2-6,9-12,14H2,1H3,(H,24,25). The number of nitrogens with zero attached hydrogens (tertiary/aromatic N) is 1. The Morgan fingerprint density at radius 2 is 2.04 bits per heavy atom. The lowest BCUT2D eigenvalue weighted by Crippen LogP contribution is -2.38. The van der Waals surface area contributed by atoms with E-state index in [9.17, 15) is 19.8 Å². The predicted octanol–water partition coefficient (Wildman–Crippen LogP) is 4.00. The molecule has 1 aliphatic heterocycles. The SMILES string of the molecule is CCCc1ccc(C(=O)O)cc1C1SCC(=O)N1CCC1(O)CCCCC1. The number of aromatic carboxylic acids is 1.